The number of nitrogens with one attached hydrogen (secondary N) is 3. The van der Waals surface area contributed by atoms with E-state index in [0.717, 1.165) is 36.2 Å². The maximum Gasteiger partial charge on any atom is 0.191 e. The number of hydrogen-bond donors (Lipinski definition) is 3. The number of thiazole rings is 1. The highest BCUT2D eigenvalue weighted by Gasteiger charge is 2.01. The number of guanidine groups is 1. The van der Waals surface area contributed by atoms with Crippen LogP contribution in [0.5, 0.6) is 0 Å². The van der Waals surface area contributed by atoms with Crippen molar-refractivity contribution in [1.82, 2.24) is 15.6 Å². The molecular formula is C14H21N5S. The SMILES string of the molecule is CCNC(=NCCNc1nc2ccccc2s1)NCC. The molecule has 5 nitrogen and oxygen atoms in total. The average molecular weight is 291 g/mol. The molecule has 20 heavy (non-hydrogen) atoms. The zero-order valence-electron chi connectivity index (χ0n) is 11.9. The Morgan fingerprint density at radius 3 is 2.65 bits per heavy atom. The zero-order chi connectivity index (χ0) is 14.2. The van der Waals surface area contributed by atoms with Crippen LogP contribution in [0.25, 0.3) is 10.2 Å². The van der Waals surface area contributed by atoms with Crippen molar-refractivity contribution < 1.29 is 0 Å². The van der Waals surface area contributed by atoms with Gasteiger partial charge in [0.15, 0.2) is 11.1 Å². The Labute approximate surface area is 123 Å². The van der Waals surface area contributed by atoms with E-state index in [1.807, 2.05) is 18.2 Å². The molecule has 0 atom stereocenters. The van der Waals surface area contributed by atoms with Crippen molar-refractivity contribution in [2.24, 2.45) is 4.99 Å². The largest absolute Gasteiger partial charge is 0.360 e. The minimum absolute atomic E-state index is 0.714. The number of nitrogens with zero attached hydrogens (tertiary/aromatic N) is 2. The number of rotatable bonds is 6. The zero-order valence-corrected chi connectivity index (χ0v) is 12.8. The molecule has 0 radical (unpaired) electrons. The van der Waals surface area contributed by atoms with Gasteiger partial charge in [0, 0.05) is 19.6 Å². The second-order valence-corrected chi connectivity index (χ2v) is 5.24. The molecule has 0 amide bonds. The van der Waals surface area contributed by atoms with Crippen LogP contribution in [0.15, 0.2) is 29.3 Å². The van der Waals surface area contributed by atoms with Crippen molar-refractivity contribution >= 4 is 32.6 Å². The van der Waals surface area contributed by atoms with Gasteiger partial charge in [-0.15, -0.1) is 0 Å². The monoisotopic (exact) mass is 291 g/mol. The molecule has 0 aliphatic heterocycles. The Balaban J connectivity index is 1.84. The number of hydrogen-bond acceptors (Lipinski definition) is 4. The van der Waals surface area contributed by atoms with Gasteiger partial charge in [0.1, 0.15) is 0 Å². The molecule has 0 spiro atoms. The van der Waals surface area contributed by atoms with Crippen LogP contribution in [-0.4, -0.2) is 37.1 Å². The van der Waals surface area contributed by atoms with Gasteiger partial charge in [0.05, 0.1) is 16.8 Å². The first kappa shape index (κ1) is 14.6. The smallest absolute Gasteiger partial charge is 0.191 e. The van der Waals surface area contributed by atoms with E-state index < -0.39 is 0 Å². The molecule has 1 aromatic heterocycles. The van der Waals surface area contributed by atoms with E-state index in [2.05, 4.69) is 45.8 Å². The maximum absolute atomic E-state index is 4.53. The van der Waals surface area contributed by atoms with Crippen LogP contribution in [0.4, 0.5) is 5.13 Å². The molecule has 1 aromatic carbocycles. The summed E-state index contributed by atoms with van der Waals surface area (Å²) >= 11 is 1.67. The molecule has 2 aromatic rings. The van der Waals surface area contributed by atoms with E-state index >= 15 is 0 Å². The number of anilines is 1. The predicted molar refractivity (Wildman–Crippen MR) is 87.8 cm³/mol. The van der Waals surface area contributed by atoms with Gasteiger partial charge < -0.3 is 16.0 Å². The van der Waals surface area contributed by atoms with Crippen molar-refractivity contribution in [3.05, 3.63) is 24.3 Å². The number of aromatic nitrogens is 1. The summed E-state index contributed by atoms with van der Waals surface area (Å²) in [6, 6.07) is 8.16. The van der Waals surface area contributed by atoms with Crippen molar-refractivity contribution in [2.75, 3.05) is 31.5 Å². The fourth-order valence-corrected chi connectivity index (χ4v) is 2.68. The van der Waals surface area contributed by atoms with Crippen molar-refractivity contribution in [3.8, 4) is 0 Å². The Morgan fingerprint density at radius 1 is 1.20 bits per heavy atom. The molecule has 0 bridgehead atoms. The average Bonchev–Trinajstić information content (AvgIpc) is 2.86. The van der Waals surface area contributed by atoms with E-state index in [4.69, 9.17) is 0 Å². The third-order valence-electron chi connectivity index (χ3n) is 2.64. The molecule has 6 heteroatoms. The van der Waals surface area contributed by atoms with Gasteiger partial charge in [0.2, 0.25) is 0 Å². The molecule has 0 saturated heterocycles. The van der Waals surface area contributed by atoms with Gasteiger partial charge in [-0.3, -0.25) is 4.99 Å². The summed E-state index contributed by atoms with van der Waals surface area (Å²) in [7, 11) is 0. The Morgan fingerprint density at radius 2 is 1.95 bits per heavy atom. The molecule has 2 rings (SSSR count). The van der Waals surface area contributed by atoms with Gasteiger partial charge in [-0.25, -0.2) is 4.98 Å². The van der Waals surface area contributed by atoms with Gasteiger partial charge in [-0.2, -0.15) is 0 Å². The van der Waals surface area contributed by atoms with Crippen molar-refractivity contribution in [1.29, 1.82) is 0 Å². The van der Waals surface area contributed by atoms with Crippen LogP contribution < -0.4 is 16.0 Å². The summed E-state index contributed by atoms with van der Waals surface area (Å²) in [5, 5.41) is 10.7. The van der Waals surface area contributed by atoms with Crippen LogP contribution >= 0.6 is 11.3 Å². The highest BCUT2D eigenvalue weighted by Crippen LogP contribution is 2.24. The fraction of sp³-hybridized carbons (Fsp3) is 0.429. The first-order chi connectivity index (χ1) is 9.83. The third kappa shape index (κ3) is 4.09. The van der Waals surface area contributed by atoms with E-state index in [-0.39, 0.29) is 0 Å². The standard InChI is InChI=1S/C14H21N5S/c1-3-15-13(16-4-2)17-9-10-18-14-19-11-7-5-6-8-12(11)20-14/h5-8H,3-4,9-10H2,1-2H3,(H,18,19)(H2,15,16,17). The molecule has 0 saturated carbocycles. The van der Waals surface area contributed by atoms with Crippen LogP contribution in [0.3, 0.4) is 0 Å². The lowest BCUT2D eigenvalue weighted by Gasteiger charge is -2.08. The van der Waals surface area contributed by atoms with Crippen molar-refractivity contribution in [2.45, 2.75) is 13.8 Å². The van der Waals surface area contributed by atoms with Gasteiger partial charge in [-0.1, -0.05) is 23.5 Å². The van der Waals surface area contributed by atoms with Gasteiger partial charge in [0.25, 0.3) is 0 Å². The summed E-state index contributed by atoms with van der Waals surface area (Å²) < 4.78 is 1.21. The Kier molecular flexibility index (Phi) is 5.61. The highest BCUT2D eigenvalue weighted by atomic mass is 32.1. The summed E-state index contributed by atoms with van der Waals surface area (Å²) in [6.07, 6.45) is 0. The molecule has 0 aliphatic carbocycles. The number of aliphatic imine (C=N–C) groups is 1. The van der Waals surface area contributed by atoms with Gasteiger partial charge >= 0.3 is 0 Å². The highest BCUT2D eigenvalue weighted by molar-refractivity contribution is 7.22. The van der Waals surface area contributed by atoms with E-state index in [1.54, 1.807) is 11.3 Å². The molecule has 0 aliphatic rings. The lowest BCUT2D eigenvalue weighted by Crippen LogP contribution is -2.37. The lowest BCUT2D eigenvalue weighted by atomic mass is 10.3. The fourth-order valence-electron chi connectivity index (χ4n) is 1.79. The van der Waals surface area contributed by atoms with Crippen LogP contribution in [-0.2, 0) is 0 Å². The van der Waals surface area contributed by atoms with Gasteiger partial charge in [-0.05, 0) is 26.0 Å². The van der Waals surface area contributed by atoms with Crippen LogP contribution in [0.2, 0.25) is 0 Å². The normalized spacial score (nSPS) is 10.3. The first-order valence-corrected chi connectivity index (χ1v) is 7.76. The Hall–Kier alpha value is -1.82. The van der Waals surface area contributed by atoms with Crippen LogP contribution in [0.1, 0.15) is 13.8 Å². The summed E-state index contributed by atoms with van der Waals surface area (Å²) in [4.78, 5) is 9.01. The topological polar surface area (TPSA) is 61.3 Å². The number of fused-ring (bicyclic) bond motifs is 1. The summed E-state index contributed by atoms with van der Waals surface area (Å²) in [5.41, 5.74) is 1.05. The maximum atomic E-state index is 4.53. The van der Waals surface area contributed by atoms with E-state index in [1.165, 1.54) is 4.70 Å². The predicted octanol–water partition coefficient (Wildman–Crippen LogP) is 2.28. The van der Waals surface area contributed by atoms with Crippen LogP contribution in [0, 0.1) is 0 Å². The second-order valence-electron chi connectivity index (χ2n) is 4.20. The lowest BCUT2D eigenvalue weighted by molar-refractivity contribution is 0.840. The molecule has 0 unspecified atom stereocenters. The van der Waals surface area contributed by atoms with E-state index in [0.29, 0.717) is 6.54 Å². The third-order valence-corrected chi connectivity index (χ3v) is 3.63. The molecular weight excluding hydrogens is 270 g/mol. The molecule has 3 N–H and O–H groups in total. The quantitative estimate of drug-likeness (QED) is 0.434. The molecule has 1 heterocycles. The summed E-state index contributed by atoms with van der Waals surface area (Å²) in [5.74, 6) is 0.862. The Bertz CT molecular complexity index is 522. The first-order valence-electron chi connectivity index (χ1n) is 6.95. The van der Waals surface area contributed by atoms with E-state index in [9.17, 15) is 0 Å². The van der Waals surface area contributed by atoms with Crippen molar-refractivity contribution in [3.63, 3.8) is 0 Å². The minimum atomic E-state index is 0.714. The molecule has 108 valence electrons. The second kappa shape index (κ2) is 7.69. The number of para-hydroxylation sites is 1. The molecule has 0 fully saturated rings. The summed E-state index contributed by atoms with van der Waals surface area (Å²) in [6.45, 7) is 7.36. The number of benzene rings is 1. The minimum Gasteiger partial charge on any atom is -0.360 e.